The van der Waals surface area contributed by atoms with Gasteiger partial charge in [-0.2, -0.15) is 0 Å². The van der Waals surface area contributed by atoms with Crippen molar-refractivity contribution in [3.8, 4) is 0 Å². The second-order valence-corrected chi connectivity index (χ2v) is 6.51. The Labute approximate surface area is 128 Å². The first kappa shape index (κ1) is 15.9. The Balaban J connectivity index is 2.00. The summed E-state index contributed by atoms with van der Waals surface area (Å²) in [4.78, 5) is 16.5. The minimum Gasteiger partial charge on any atom is -0.371 e. The largest absolute Gasteiger partial charge is 0.371 e. The van der Waals surface area contributed by atoms with Crippen LogP contribution in [0.2, 0.25) is 0 Å². The topological polar surface area (TPSA) is 23.6 Å². The van der Waals surface area contributed by atoms with Crippen molar-refractivity contribution in [2.24, 2.45) is 5.92 Å². The smallest absolute Gasteiger partial charge is 0.222 e. The molecular weight excluding hydrogens is 260 g/mol. The van der Waals surface area contributed by atoms with Crippen molar-refractivity contribution in [1.82, 2.24) is 4.90 Å². The molecule has 2 rings (SSSR count). The summed E-state index contributed by atoms with van der Waals surface area (Å²) in [6.07, 6.45) is 4.17. The molecule has 0 aromatic heterocycles. The van der Waals surface area contributed by atoms with E-state index in [1.165, 1.54) is 24.1 Å². The van der Waals surface area contributed by atoms with E-state index in [0.29, 0.717) is 18.9 Å². The van der Waals surface area contributed by atoms with E-state index in [1.54, 1.807) is 0 Å². The van der Waals surface area contributed by atoms with Crippen LogP contribution < -0.4 is 4.90 Å². The Kier molecular flexibility index (Phi) is 5.66. The first-order chi connectivity index (χ1) is 10.1. The van der Waals surface area contributed by atoms with Gasteiger partial charge in [0.1, 0.15) is 0 Å². The third kappa shape index (κ3) is 4.48. The van der Waals surface area contributed by atoms with Crippen molar-refractivity contribution < 1.29 is 4.79 Å². The fourth-order valence-corrected chi connectivity index (χ4v) is 2.86. The molecule has 1 saturated heterocycles. The summed E-state index contributed by atoms with van der Waals surface area (Å²) in [5.41, 5.74) is 2.57. The van der Waals surface area contributed by atoms with Gasteiger partial charge in [-0.1, -0.05) is 32.0 Å². The van der Waals surface area contributed by atoms with Crippen LogP contribution in [0.4, 0.5) is 5.69 Å². The predicted molar refractivity (Wildman–Crippen MR) is 88.4 cm³/mol. The van der Waals surface area contributed by atoms with Crippen molar-refractivity contribution in [1.29, 1.82) is 0 Å². The van der Waals surface area contributed by atoms with Gasteiger partial charge in [0, 0.05) is 38.8 Å². The minimum atomic E-state index is 0.250. The van der Waals surface area contributed by atoms with Crippen LogP contribution in [0.25, 0.3) is 0 Å². The zero-order chi connectivity index (χ0) is 15.2. The van der Waals surface area contributed by atoms with E-state index in [2.05, 4.69) is 43.0 Å². The van der Waals surface area contributed by atoms with E-state index >= 15 is 0 Å². The monoisotopic (exact) mass is 288 g/mol. The highest BCUT2D eigenvalue weighted by atomic mass is 16.2. The molecule has 21 heavy (non-hydrogen) atoms. The van der Waals surface area contributed by atoms with Gasteiger partial charge in [0.2, 0.25) is 5.91 Å². The lowest BCUT2D eigenvalue weighted by Crippen LogP contribution is -2.28. The fourth-order valence-electron chi connectivity index (χ4n) is 2.86. The van der Waals surface area contributed by atoms with E-state index in [9.17, 15) is 4.79 Å². The van der Waals surface area contributed by atoms with Gasteiger partial charge in [0.05, 0.1) is 0 Å². The SMILES string of the molecule is CC(C)CCC(=O)N(C)Cc1ccccc1N1CCCC1. The second kappa shape index (κ2) is 7.48. The summed E-state index contributed by atoms with van der Waals surface area (Å²) in [5, 5.41) is 0. The molecule has 0 bridgehead atoms. The number of amides is 1. The molecule has 0 radical (unpaired) electrons. The highest BCUT2D eigenvalue weighted by molar-refractivity contribution is 5.76. The van der Waals surface area contributed by atoms with E-state index < -0.39 is 0 Å². The lowest BCUT2D eigenvalue weighted by molar-refractivity contribution is -0.130. The third-order valence-electron chi connectivity index (χ3n) is 4.21. The molecular formula is C18H28N2O. The first-order valence-electron chi connectivity index (χ1n) is 8.14. The Morgan fingerprint density at radius 3 is 2.57 bits per heavy atom. The maximum atomic E-state index is 12.2. The van der Waals surface area contributed by atoms with Crippen LogP contribution >= 0.6 is 0 Å². The van der Waals surface area contributed by atoms with Gasteiger partial charge in [-0.15, -0.1) is 0 Å². The summed E-state index contributed by atoms with van der Waals surface area (Å²) in [5.74, 6) is 0.833. The van der Waals surface area contributed by atoms with Crippen LogP contribution in [0.3, 0.4) is 0 Å². The van der Waals surface area contributed by atoms with Crippen molar-refractivity contribution in [3.05, 3.63) is 29.8 Å². The zero-order valence-corrected chi connectivity index (χ0v) is 13.6. The molecule has 1 aliphatic heterocycles. The van der Waals surface area contributed by atoms with Gasteiger partial charge in [0.15, 0.2) is 0 Å². The van der Waals surface area contributed by atoms with E-state index in [0.717, 1.165) is 19.5 Å². The van der Waals surface area contributed by atoms with Crippen LogP contribution in [0.5, 0.6) is 0 Å². The molecule has 0 unspecified atom stereocenters. The standard InChI is InChI=1S/C18H28N2O/c1-15(2)10-11-18(21)19(3)14-16-8-4-5-9-17(16)20-12-6-7-13-20/h4-5,8-9,15H,6-7,10-14H2,1-3H3. The van der Waals surface area contributed by atoms with Crippen LogP contribution in [0, 0.1) is 5.92 Å². The maximum absolute atomic E-state index is 12.2. The summed E-state index contributed by atoms with van der Waals surface area (Å²) in [6, 6.07) is 8.51. The van der Waals surface area contributed by atoms with Crippen LogP contribution in [-0.2, 0) is 11.3 Å². The predicted octanol–water partition coefficient (Wildman–Crippen LogP) is 3.68. The zero-order valence-electron chi connectivity index (χ0n) is 13.6. The Morgan fingerprint density at radius 1 is 1.24 bits per heavy atom. The van der Waals surface area contributed by atoms with Crippen LogP contribution in [-0.4, -0.2) is 30.9 Å². The molecule has 1 aromatic rings. The van der Waals surface area contributed by atoms with Crippen molar-refractivity contribution in [2.75, 3.05) is 25.0 Å². The van der Waals surface area contributed by atoms with E-state index in [1.807, 2.05) is 11.9 Å². The van der Waals surface area contributed by atoms with Gasteiger partial charge in [0.25, 0.3) is 0 Å². The first-order valence-corrected chi connectivity index (χ1v) is 8.14. The molecule has 1 amide bonds. The number of nitrogens with zero attached hydrogens (tertiary/aromatic N) is 2. The number of anilines is 1. The normalized spacial score (nSPS) is 14.8. The molecule has 0 atom stereocenters. The maximum Gasteiger partial charge on any atom is 0.222 e. The molecule has 3 nitrogen and oxygen atoms in total. The van der Waals surface area contributed by atoms with Gasteiger partial charge < -0.3 is 9.80 Å². The number of hydrogen-bond acceptors (Lipinski definition) is 2. The highest BCUT2D eigenvalue weighted by Crippen LogP contribution is 2.25. The summed E-state index contributed by atoms with van der Waals surface area (Å²) in [7, 11) is 1.92. The van der Waals surface area contributed by atoms with Gasteiger partial charge >= 0.3 is 0 Å². The number of para-hydroxylation sites is 1. The molecule has 0 N–H and O–H groups in total. The molecule has 1 aromatic carbocycles. The second-order valence-electron chi connectivity index (χ2n) is 6.51. The van der Waals surface area contributed by atoms with Crippen molar-refractivity contribution in [3.63, 3.8) is 0 Å². The summed E-state index contributed by atoms with van der Waals surface area (Å²) < 4.78 is 0. The molecule has 0 saturated carbocycles. The number of carbonyl (C=O) groups is 1. The van der Waals surface area contributed by atoms with Crippen LogP contribution in [0.15, 0.2) is 24.3 Å². The van der Waals surface area contributed by atoms with Crippen molar-refractivity contribution >= 4 is 11.6 Å². The van der Waals surface area contributed by atoms with Crippen molar-refractivity contribution in [2.45, 2.75) is 46.1 Å². The third-order valence-corrected chi connectivity index (χ3v) is 4.21. The average molecular weight is 288 g/mol. The Hall–Kier alpha value is -1.51. The van der Waals surface area contributed by atoms with E-state index in [4.69, 9.17) is 0 Å². The van der Waals surface area contributed by atoms with Gasteiger partial charge in [-0.3, -0.25) is 4.79 Å². The average Bonchev–Trinajstić information content (AvgIpc) is 2.99. The number of carbonyl (C=O) groups excluding carboxylic acids is 1. The molecule has 1 heterocycles. The highest BCUT2D eigenvalue weighted by Gasteiger charge is 2.17. The molecule has 116 valence electrons. The summed E-state index contributed by atoms with van der Waals surface area (Å²) in [6.45, 7) is 7.32. The van der Waals surface area contributed by atoms with Gasteiger partial charge in [-0.05, 0) is 36.8 Å². The molecule has 3 heteroatoms. The quantitative estimate of drug-likeness (QED) is 0.797. The fraction of sp³-hybridized carbons (Fsp3) is 0.611. The molecule has 0 spiro atoms. The van der Waals surface area contributed by atoms with Crippen LogP contribution in [0.1, 0.15) is 45.1 Å². The molecule has 0 aliphatic carbocycles. The minimum absolute atomic E-state index is 0.250. The number of rotatable bonds is 6. The Bertz CT molecular complexity index is 464. The molecule has 1 aliphatic rings. The van der Waals surface area contributed by atoms with Gasteiger partial charge in [-0.25, -0.2) is 0 Å². The lowest BCUT2D eigenvalue weighted by Gasteiger charge is -2.24. The van der Waals surface area contributed by atoms with E-state index in [-0.39, 0.29) is 5.91 Å². The lowest BCUT2D eigenvalue weighted by atomic mass is 10.1. The number of benzene rings is 1. The Morgan fingerprint density at radius 2 is 1.90 bits per heavy atom. The summed E-state index contributed by atoms with van der Waals surface area (Å²) >= 11 is 0. The number of hydrogen-bond donors (Lipinski definition) is 0. The molecule has 1 fully saturated rings.